The molecule has 0 aromatic heterocycles. The highest BCUT2D eigenvalue weighted by atomic mass is 32.2. The zero-order chi connectivity index (χ0) is 13.1. The Morgan fingerprint density at radius 3 is 2.67 bits per heavy atom. The number of benzene rings is 1. The summed E-state index contributed by atoms with van der Waals surface area (Å²) < 4.78 is 0. The third-order valence-corrected chi connectivity index (χ3v) is 3.75. The Labute approximate surface area is 111 Å². The molecule has 0 aliphatic carbocycles. The molecule has 1 aromatic rings. The lowest BCUT2D eigenvalue weighted by atomic mass is 10.2. The van der Waals surface area contributed by atoms with Gasteiger partial charge in [-0.2, -0.15) is 0 Å². The van der Waals surface area contributed by atoms with Crippen LogP contribution in [0.4, 0.5) is 5.69 Å². The van der Waals surface area contributed by atoms with Gasteiger partial charge in [-0.1, -0.05) is 17.7 Å². The first-order valence-electron chi connectivity index (χ1n) is 5.64. The van der Waals surface area contributed by atoms with Crippen molar-refractivity contribution in [1.29, 1.82) is 0 Å². The number of nitrogens with zero attached hydrogens (tertiary/aromatic N) is 1. The number of amides is 1. The van der Waals surface area contributed by atoms with E-state index in [1.54, 1.807) is 4.90 Å². The van der Waals surface area contributed by atoms with Gasteiger partial charge in [-0.05, 0) is 24.3 Å². The maximum atomic E-state index is 11.9. The van der Waals surface area contributed by atoms with Crippen LogP contribution < -0.4 is 4.90 Å². The van der Waals surface area contributed by atoms with E-state index in [-0.39, 0.29) is 16.3 Å². The van der Waals surface area contributed by atoms with E-state index in [9.17, 15) is 9.59 Å². The average Bonchev–Trinajstić information content (AvgIpc) is 2.69. The summed E-state index contributed by atoms with van der Waals surface area (Å²) in [6.45, 7) is 2.11. The van der Waals surface area contributed by atoms with Gasteiger partial charge in [0.15, 0.2) is 5.12 Å². The van der Waals surface area contributed by atoms with Crippen molar-refractivity contribution in [2.75, 3.05) is 11.4 Å². The zero-order valence-corrected chi connectivity index (χ0v) is 10.9. The van der Waals surface area contributed by atoms with Crippen LogP contribution in [-0.4, -0.2) is 22.8 Å². The van der Waals surface area contributed by atoms with Gasteiger partial charge in [-0.25, -0.2) is 0 Å². The molecule has 0 N–H and O–H groups in total. The topological polar surface area (TPSA) is 37.4 Å². The van der Waals surface area contributed by atoms with Gasteiger partial charge >= 0.3 is 0 Å². The molecule has 1 atom stereocenters. The molecule has 1 saturated heterocycles. The Bertz CT molecular complexity index is 516. The summed E-state index contributed by atoms with van der Waals surface area (Å²) in [5.41, 5.74) is 1.63. The fourth-order valence-electron chi connectivity index (χ4n) is 1.98. The quantitative estimate of drug-likeness (QED) is 0.763. The second-order valence-corrected chi connectivity index (χ2v) is 5.61. The number of carbonyl (C=O) groups is 2. The van der Waals surface area contributed by atoms with Crippen molar-refractivity contribution in [2.45, 2.75) is 18.6 Å². The average molecular weight is 259 g/mol. The smallest absolute Gasteiger partial charge is 0.228 e. The third kappa shape index (κ3) is 2.74. The lowest BCUT2D eigenvalue weighted by molar-refractivity contribution is -0.117. The number of hydrogen-bond acceptors (Lipinski definition) is 3. The second kappa shape index (κ2) is 5.28. The number of carbonyl (C=O) groups excluding carboxylic acids is 2. The van der Waals surface area contributed by atoms with Gasteiger partial charge in [0.1, 0.15) is 0 Å². The van der Waals surface area contributed by atoms with Gasteiger partial charge in [0.2, 0.25) is 5.91 Å². The van der Waals surface area contributed by atoms with E-state index in [1.165, 1.54) is 18.7 Å². The summed E-state index contributed by atoms with van der Waals surface area (Å²) in [6.07, 6.45) is 5.70. The van der Waals surface area contributed by atoms with E-state index in [4.69, 9.17) is 6.42 Å². The monoisotopic (exact) mass is 259 g/mol. The van der Waals surface area contributed by atoms with Crippen molar-refractivity contribution in [2.24, 2.45) is 0 Å². The number of terminal acetylenes is 1. The van der Waals surface area contributed by atoms with Gasteiger partial charge in [0.25, 0.3) is 0 Å². The Morgan fingerprint density at radius 1 is 1.44 bits per heavy atom. The van der Waals surface area contributed by atoms with Crippen LogP contribution in [0.15, 0.2) is 24.3 Å². The number of thioether (sulfide) groups is 1. The Balaban J connectivity index is 2.11. The summed E-state index contributed by atoms with van der Waals surface area (Å²) >= 11 is 1.24. The minimum atomic E-state index is 0.0531. The van der Waals surface area contributed by atoms with Crippen LogP contribution in [0.25, 0.3) is 0 Å². The SMILES string of the molecule is C#Cc1ccc(N2CC(SC(C)=O)CC2=O)cc1. The maximum absolute atomic E-state index is 11.9. The first-order chi connectivity index (χ1) is 8.60. The molecule has 1 aromatic carbocycles. The minimum Gasteiger partial charge on any atom is -0.311 e. The third-order valence-electron chi connectivity index (χ3n) is 2.77. The lowest BCUT2D eigenvalue weighted by Gasteiger charge is -2.16. The lowest BCUT2D eigenvalue weighted by Crippen LogP contribution is -2.24. The van der Waals surface area contributed by atoms with Crippen molar-refractivity contribution < 1.29 is 9.59 Å². The van der Waals surface area contributed by atoms with E-state index in [0.29, 0.717) is 13.0 Å². The van der Waals surface area contributed by atoms with E-state index < -0.39 is 0 Å². The van der Waals surface area contributed by atoms with Crippen LogP contribution in [0, 0.1) is 12.3 Å². The number of hydrogen-bond donors (Lipinski definition) is 0. The van der Waals surface area contributed by atoms with Crippen LogP contribution >= 0.6 is 11.8 Å². The molecule has 0 saturated carbocycles. The molecule has 1 aliphatic heterocycles. The summed E-state index contributed by atoms with van der Waals surface area (Å²) in [5, 5.41) is 0.111. The van der Waals surface area contributed by atoms with Crippen molar-refractivity contribution in [1.82, 2.24) is 0 Å². The van der Waals surface area contributed by atoms with Crippen molar-refractivity contribution in [3.8, 4) is 12.3 Å². The van der Waals surface area contributed by atoms with Crippen molar-refractivity contribution in [3.05, 3.63) is 29.8 Å². The van der Waals surface area contributed by atoms with E-state index in [0.717, 1.165) is 11.3 Å². The second-order valence-electron chi connectivity index (χ2n) is 4.13. The first-order valence-corrected chi connectivity index (χ1v) is 6.52. The number of rotatable bonds is 2. The van der Waals surface area contributed by atoms with Gasteiger partial charge in [-0.15, -0.1) is 6.42 Å². The number of anilines is 1. The molecule has 1 aliphatic rings. The predicted octanol–water partition coefficient (Wildman–Crippen LogP) is 2.05. The molecule has 92 valence electrons. The van der Waals surface area contributed by atoms with E-state index >= 15 is 0 Å². The molecule has 2 rings (SSSR count). The fraction of sp³-hybridized carbons (Fsp3) is 0.286. The Kier molecular flexibility index (Phi) is 3.73. The van der Waals surface area contributed by atoms with Crippen LogP contribution in [-0.2, 0) is 9.59 Å². The minimum absolute atomic E-state index is 0.0531. The van der Waals surface area contributed by atoms with Crippen molar-refractivity contribution in [3.63, 3.8) is 0 Å². The van der Waals surface area contributed by atoms with Gasteiger partial charge < -0.3 is 4.90 Å². The normalized spacial score (nSPS) is 18.8. The van der Waals surface area contributed by atoms with E-state index in [2.05, 4.69) is 5.92 Å². The van der Waals surface area contributed by atoms with Gasteiger partial charge in [0, 0.05) is 36.4 Å². The van der Waals surface area contributed by atoms with Crippen LogP contribution in [0.3, 0.4) is 0 Å². The Hall–Kier alpha value is -1.73. The first kappa shape index (κ1) is 12.7. The standard InChI is InChI=1S/C14H13NO2S/c1-3-11-4-6-12(7-5-11)15-9-13(8-14(15)17)18-10(2)16/h1,4-7,13H,8-9H2,2H3. The molecule has 3 nitrogen and oxygen atoms in total. The molecule has 0 bridgehead atoms. The molecule has 0 radical (unpaired) electrons. The molecule has 0 spiro atoms. The summed E-state index contributed by atoms with van der Waals surface area (Å²) in [4.78, 5) is 24.6. The highest BCUT2D eigenvalue weighted by Gasteiger charge is 2.31. The maximum Gasteiger partial charge on any atom is 0.228 e. The van der Waals surface area contributed by atoms with Gasteiger partial charge in [-0.3, -0.25) is 9.59 Å². The molecule has 1 heterocycles. The van der Waals surface area contributed by atoms with E-state index in [1.807, 2.05) is 24.3 Å². The van der Waals surface area contributed by atoms with Gasteiger partial charge in [0.05, 0.1) is 0 Å². The largest absolute Gasteiger partial charge is 0.311 e. The molecule has 18 heavy (non-hydrogen) atoms. The van der Waals surface area contributed by atoms with Crippen LogP contribution in [0.5, 0.6) is 0 Å². The highest BCUT2D eigenvalue weighted by Crippen LogP contribution is 2.28. The zero-order valence-electron chi connectivity index (χ0n) is 10.1. The van der Waals surface area contributed by atoms with Crippen LogP contribution in [0.1, 0.15) is 18.9 Å². The Morgan fingerprint density at radius 2 is 2.11 bits per heavy atom. The summed E-state index contributed by atoms with van der Waals surface area (Å²) in [6, 6.07) is 7.31. The highest BCUT2D eigenvalue weighted by molar-refractivity contribution is 8.14. The fourth-order valence-corrected chi connectivity index (χ4v) is 2.89. The molecule has 1 amide bonds. The molecule has 4 heteroatoms. The van der Waals surface area contributed by atoms with Crippen molar-refractivity contribution >= 4 is 28.5 Å². The predicted molar refractivity (Wildman–Crippen MR) is 73.4 cm³/mol. The molecule has 1 fully saturated rings. The molecular weight excluding hydrogens is 246 g/mol. The van der Waals surface area contributed by atoms with Crippen LogP contribution in [0.2, 0.25) is 0 Å². The molecule has 1 unspecified atom stereocenters. The summed E-state index contributed by atoms with van der Waals surface area (Å²) in [7, 11) is 0. The summed E-state index contributed by atoms with van der Waals surface area (Å²) in [5.74, 6) is 2.60. The molecular formula is C14H13NO2S.